The highest BCUT2D eigenvalue weighted by molar-refractivity contribution is 7.98. The van der Waals surface area contributed by atoms with Crippen LogP contribution in [0.4, 0.5) is 0 Å². The number of morpholine rings is 1. The Bertz CT molecular complexity index is 318. The van der Waals surface area contributed by atoms with Crippen LogP contribution in [0.15, 0.2) is 4.99 Å². The van der Waals surface area contributed by atoms with Crippen molar-refractivity contribution in [1.82, 2.24) is 15.5 Å². The number of ether oxygens (including phenoxy) is 1. The molecule has 0 aliphatic carbocycles. The average Bonchev–Trinajstić information content (AvgIpc) is 2.59. The maximum Gasteiger partial charge on any atom is 0.191 e. The molecule has 0 aromatic rings. The third kappa shape index (κ3) is 7.77. The van der Waals surface area contributed by atoms with Crippen molar-refractivity contribution in [2.75, 3.05) is 57.9 Å². The van der Waals surface area contributed by atoms with Crippen molar-refractivity contribution < 1.29 is 4.74 Å². The smallest absolute Gasteiger partial charge is 0.191 e. The molecular formula is C17H36N4OS. The number of nitrogens with one attached hydrogen (secondary N) is 2. The van der Waals surface area contributed by atoms with Crippen molar-refractivity contribution in [3.05, 3.63) is 0 Å². The van der Waals surface area contributed by atoms with E-state index in [9.17, 15) is 0 Å². The van der Waals surface area contributed by atoms with Gasteiger partial charge in [-0.05, 0) is 19.1 Å². The Balaban J connectivity index is 2.69. The summed E-state index contributed by atoms with van der Waals surface area (Å²) < 4.78 is 5.52. The fourth-order valence-corrected chi connectivity index (χ4v) is 3.41. The van der Waals surface area contributed by atoms with Crippen molar-refractivity contribution in [3.8, 4) is 0 Å². The van der Waals surface area contributed by atoms with E-state index in [2.05, 4.69) is 42.6 Å². The van der Waals surface area contributed by atoms with Gasteiger partial charge in [0.25, 0.3) is 0 Å². The van der Waals surface area contributed by atoms with E-state index in [4.69, 9.17) is 9.73 Å². The number of guanidine groups is 1. The standard InChI is InChI=1S/C17H36N4OS/c1-5-15(6-2)16(21-9-11-22-12-10-21)14-20-17(18-7-3)19-8-13-23-4/h15-16H,5-14H2,1-4H3,(H2,18,19,20). The fraction of sp³-hybridized carbons (Fsp3) is 0.941. The van der Waals surface area contributed by atoms with Gasteiger partial charge in [0.15, 0.2) is 5.96 Å². The van der Waals surface area contributed by atoms with E-state index in [0.717, 1.165) is 57.6 Å². The number of rotatable bonds is 10. The second-order valence-corrected chi connectivity index (χ2v) is 6.92. The third-order valence-corrected chi connectivity index (χ3v) is 5.10. The minimum absolute atomic E-state index is 0.518. The zero-order valence-corrected chi connectivity index (χ0v) is 16.3. The van der Waals surface area contributed by atoms with E-state index in [-0.39, 0.29) is 0 Å². The molecule has 1 rings (SSSR count). The van der Waals surface area contributed by atoms with Gasteiger partial charge in [0.1, 0.15) is 0 Å². The van der Waals surface area contributed by atoms with Crippen LogP contribution in [0.25, 0.3) is 0 Å². The van der Waals surface area contributed by atoms with Crippen molar-refractivity contribution in [2.24, 2.45) is 10.9 Å². The number of hydrogen-bond acceptors (Lipinski definition) is 4. The summed E-state index contributed by atoms with van der Waals surface area (Å²) in [6.45, 7) is 13.2. The quantitative estimate of drug-likeness (QED) is 0.361. The van der Waals surface area contributed by atoms with E-state index >= 15 is 0 Å². The Hall–Kier alpha value is -0.460. The van der Waals surface area contributed by atoms with E-state index in [1.54, 1.807) is 0 Å². The predicted octanol–water partition coefficient (Wildman–Crippen LogP) is 2.04. The molecule has 136 valence electrons. The van der Waals surface area contributed by atoms with Gasteiger partial charge in [0, 0.05) is 38.0 Å². The van der Waals surface area contributed by atoms with Crippen molar-refractivity contribution in [1.29, 1.82) is 0 Å². The van der Waals surface area contributed by atoms with Crippen LogP contribution in [0, 0.1) is 5.92 Å². The zero-order chi connectivity index (χ0) is 16.9. The minimum Gasteiger partial charge on any atom is -0.379 e. The summed E-state index contributed by atoms with van der Waals surface area (Å²) in [6.07, 6.45) is 4.56. The monoisotopic (exact) mass is 344 g/mol. The molecule has 0 amide bonds. The van der Waals surface area contributed by atoms with E-state index in [1.165, 1.54) is 12.8 Å². The van der Waals surface area contributed by atoms with Gasteiger partial charge in [0.2, 0.25) is 0 Å². The van der Waals surface area contributed by atoms with Crippen LogP contribution in [-0.4, -0.2) is 74.8 Å². The van der Waals surface area contributed by atoms with Gasteiger partial charge >= 0.3 is 0 Å². The van der Waals surface area contributed by atoms with Crippen LogP contribution < -0.4 is 10.6 Å². The molecule has 1 fully saturated rings. The highest BCUT2D eigenvalue weighted by Gasteiger charge is 2.26. The van der Waals surface area contributed by atoms with Crippen LogP contribution in [0.1, 0.15) is 33.6 Å². The van der Waals surface area contributed by atoms with Crippen molar-refractivity contribution in [2.45, 2.75) is 39.7 Å². The Morgan fingerprint density at radius 3 is 2.43 bits per heavy atom. The molecule has 0 spiro atoms. The molecule has 0 saturated carbocycles. The number of nitrogens with zero attached hydrogens (tertiary/aromatic N) is 2. The maximum atomic E-state index is 5.52. The van der Waals surface area contributed by atoms with Gasteiger partial charge in [-0.2, -0.15) is 11.8 Å². The molecule has 1 saturated heterocycles. The lowest BCUT2D eigenvalue weighted by Crippen LogP contribution is -2.49. The summed E-state index contributed by atoms with van der Waals surface area (Å²) in [5.74, 6) is 2.75. The molecule has 6 heteroatoms. The van der Waals surface area contributed by atoms with Gasteiger partial charge in [0.05, 0.1) is 19.8 Å². The average molecular weight is 345 g/mol. The molecule has 5 nitrogen and oxygen atoms in total. The summed E-state index contributed by atoms with van der Waals surface area (Å²) in [4.78, 5) is 7.46. The topological polar surface area (TPSA) is 48.9 Å². The van der Waals surface area contributed by atoms with Crippen LogP contribution >= 0.6 is 11.8 Å². The first kappa shape index (κ1) is 20.6. The Morgan fingerprint density at radius 2 is 1.87 bits per heavy atom. The number of hydrogen-bond donors (Lipinski definition) is 2. The van der Waals surface area contributed by atoms with Crippen LogP contribution in [0.3, 0.4) is 0 Å². The van der Waals surface area contributed by atoms with E-state index < -0.39 is 0 Å². The van der Waals surface area contributed by atoms with E-state index in [0.29, 0.717) is 12.0 Å². The highest BCUT2D eigenvalue weighted by atomic mass is 32.2. The summed E-state index contributed by atoms with van der Waals surface area (Å²) in [7, 11) is 0. The molecule has 1 aliphatic heterocycles. The van der Waals surface area contributed by atoms with Gasteiger partial charge in [-0.3, -0.25) is 9.89 Å². The number of thioether (sulfide) groups is 1. The molecular weight excluding hydrogens is 308 g/mol. The highest BCUT2D eigenvalue weighted by Crippen LogP contribution is 2.20. The molecule has 2 N–H and O–H groups in total. The largest absolute Gasteiger partial charge is 0.379 e. The maximum absolute atomic E-state index is 5.52. The molecule has 0 aromatic carbocycles. The van der Waals surface area contributed by atoms with Gasteiger partial charge in [-0.15, -0.1) is 0 Å². The first-order valence-corrected chi connectivity index (χ1v) is 10.5. The molecule has 0 aromatic heterocycles. The third-order valence-electron chi connectivity index (χ3n) is 4.49. The lowest BCUT2D eigenvalue weighted by Gasteiger charge is -2.38. The summed E-state index contributed by atoms with van der Waals surface area (Å²) >= 11 is 1.85. The molecule has 0 bridgehead atoms. The first-order chi connectivity index (χ1) is 11.3. The van der Waals surface area contributed by atoms with Crippen molar-refractivity contribution in [3.63, 3.8) is 0 Å². The zero-order valence-electron chi connectivity index (χ0n) is 15.4. The van der Waals surface area contributed by atoms with Gasteiger partial charge in [-0.25, -0.2) is 0 Å². The van der Waals surface area contributed by atoms with Crippen LogP contribution in [-0.2, 0) is 4.74 Å². The number of aliphatic imine (C=N–C) groups is 1. The molecule has 1 unspecified atom stereocenters. The SMILES string of the molecule is CCNC(=NCC(C(CC)CC)N1CCOCC1)NCCSC. The molecule has 1 heterocycles. The van der Waals surface area contributed by atoms with Gasteiger partial charge in [-0.1, -0.05) is 26.7 Å². The lowest BCUT2D eigenvalue weighted by atomic mass is 9.92. The Morgan fingerprint density at radius 1 is 1.17 bits per heavy atom. The molecule has 1 atom stereocenters. The van der Waals surface area contributed by atoms with Crippen molar-refractivity contribution >= 4 is 17.7 Å². The summed E-state index contributed by atoms with van der Waals surface area (Å²) in [5.41, 5.74) is 0. The van der Waals surface area contributed by atoms with Gasteiger partial charge < -0.3 is 15.4 Å². The minimum atomic E-state index is 0.518. The molecule has 0 radical (unpaired) electrons. The Kier molecular flexibility index (Phi) is 11.5. The lowest BCUT2D eigenvalue weighted by molar-refractivity contribution is 0.00395. The predicted molar refractivity (Wildman–Crippen MR) is 103 cm³/mol. The molecule has 23 heavy (non-hydrogen) atoms. The molecule has 1 aliphatic rings. The first-order valence-electron chi connectivity index (χ1n) is 9.09. The fourth-order valence-electron chi connectivity index (χ4n) is 3.10. The van der Waals surface area contributed by atoms with Crippen LogP contribution in [0.2, 0.25) is 0 Å². The summed E-state index contributed by atoms with van der Waals surface area (Å²) in [6, 6.07) is 0.518. The second kappa shape index (κ2) is 12.9. The summed E-state index contributed by atoms with van der Waals surface area (Å²) in [5, 5.41) is 6.79. The van der Waals surface area contributed by atoms with E-state index in [1.807, 2.05) is 11.8 Å². The van der Waals surface area contributed by atoms with Crippen LogP contribution in [0.5, 0.6) is 0 Å². The second-order valence-electron chi connectivity index (χ2n) is 5.93. The normalized spacial score (nSPS) is 18.2. The Labute approximate surface area is 147 Å².